The maximum Gasteiger partial charge on any atom is 0.200 e. The van der Waals surface area contributed by atoms with E-state index >= 15 is 8.78 Å². The van der Waals surface area contributed by atoms with Crippen molar-refractivity contribution in [3.8, 4) is 0 Å². The number of allylic oxidation sites excluding steroid dienone is 8. The summed E-state index contributed by atoms with van der Waals surface area (Å²) in [7, 11) is 2.00. The van der Waals surface area contributed by atoms with Gasteiger partial charge in [-0.15, -0.1) is 0 Å². The summed E-state index contributed by atoms with van der Waals surface area (Å²) >= 11 is 0.590. The topological polar surface area (TPSA) is 3.24 Å². The molecule has 0 N–H and O–H groups in total. The first-order valence-corrected chi connectivity index (χ1v) is 16.1. The minimum atomic E-state index is -2.17. The van der Waals surface area contributed by atoms with Crippen molar-refractivity contribution in [2.24, 2.45) is 0 Å². The zero-order valence-corrected chi connectivity index (χ0v) is 27.8. The molecule has 0 saturated carbocycles. The van der Waals surface area contributed by atoms with Crippen molar-refractivity contribution in [2.75, 3.05) is 11.9 Å². The summed E-state index contributed by atoms with van der Waals surface area (Å²) in [6, 6.07) is 16.2. The van der Waals surface area contributed by atoms with Gasteiger partial charge in [-0.2, -0.15) is 0 Å². The number of para-hydroxylation sites is 1. The third kappa shape index (κ3) is 5.90. The number of rotatable bonds is 7. The van der Waals surface area contributed by atoms with Gasteiger partial charge >= 0.3 is 0 Å². The standard InChI is InChI=1S/C39H38F5NS/c1-23-13-8-9-16-27(23)38(3,4)24(2)19-20-25-14-12-15-26(36(25)46-37-34(43)32(41)31(40)33(42)35(37)44)21-22-30-39(5,6)28-17-10-11-18-29(28)45(30)7/h8-11,13,16-22H,2,12,14-15H2,1,3-7H3/b20-19+,26-21+,30-22+. The van der Waals surface area contributed by atoms with Gasteiger partial charge in [0.1, 0.15) is 0 Å². The molecule has 7 heteroatoms. The average molecular weight is 648 g/mol. The van der Waals surface area contributed by atoms with Gasteiger partial charge in [-0.1, -0.05) is 107 Å². The van der Waals surface area contributed by atoms with E-state index in [0.29, 0.717) is 29.5 Å². The molecule has 0 atom stereocenters. The fourth-order valence-corrected chi connectivity index (χ4v) is 7.63. The van der Waals surface area contributed by atoms with Crippen LogP contribution in [0.5, 0.6) is 0 Å². The normalized spacial score (nSPS) is 18.3. The summed E-state index contributed by atoms with van der Waals surface area (Å²) in [4.78, 5) is 1.68. The van der Waals surface area contributed by atoms with Crippen LogP contribution in [0.1, 0.15) is 63.6 Å². The highest BCUT2D eigenvalue weighted by Gasteiger charge is 2.38. The van der Waals surface area contributed by atoms with Crippen molar-refractivity contribution < 1.29 is 22.0 Å². The summed E-state index contributed by atoms with van der Waals surface area (Å²) < 4.78 is 72.5. The number of hydrogen-bond donors (Lipinski definition) is 0. The second-order valence-corrected chi connectivity index (χ2v) is 14.0. The quantitative estimate of drug-likeness (QED) is 0.109. The van der Waals surface area contributed by atoms with Crippen LogP contribution < -0.4 is 4.90 Å². The first-order chi connectivity index (χ1) is 21.7. The molecule has 0 fully saturated rings. The second-order valence-electron chi connectivity index (χ2n) is 13.0. The SMILES string of the molecule is C=C(/C=C/C1=C(Sc2c(F)c(F)c(F)c(F)c2F)C(=C/C=C2/N(C)c3ccccc3C2(C)C)/CCC1)C(C)(C)c1ccccc1C. The predicted molar refractivity (Wildman–Crippen MR) is 179 cm³/mol. The fraction of sp³-hybridized carbons (Fsp3) is 0.282. The van der Waals surface area contributed by atoms with Crippen molar-refractivity contribution in [3.63, 3.8) is 0 Å². The molecule has 1 aliphatic heterocycles. The zero-order chi connectivity index (χ0) is 33.6. The molecular formula is C39H38F5NS. The largest absolute Gasteiger partial charge is 0.347 e. The van der Waals surface area contributed by atoms with Crippen molar-refractivity contribution in [1.29, 1.82) is 0 Å². The highest BCUT2D eigenvalue weighted by Crippen LogP contribution is 2.48. The Hall–Kier alpha value is -3.84. The Labute approximate surface area is 272 Å². The fourth-order valence-electron chi connectivity index (χ4n) is 6.47. The average Bonchev–Trinajstić information content (AvgIpc) is 3.23. The van der Waals surface area contributed by atoms with Crippen LogP contribution in [0.15, 0.2) is 112 Å². The number of halogens is 5. The summed E-state index contributed by atoms with van der Waals surface area (Å²) in [5, 5.41) is 0. The van der Waals surface area contributed by atoms with E-state index in [1.807, 2.05) is 68.6 Å². The number of fused-ring (bicyclic) bond motifs is 1. The molecule has 3 aromatic rings. The number of likely N-dealkylation sites (N-methyl/N-ethyl adjacent to an activating group) is 1. The van der Waals surface area contributed by atoms with Gasteiger partial charge in [0.15, 0.2) is 23.3 Å². The van der Waals surface area contributed by atoms with Gasteiger partial charge in [0.25, 0.3) is 0 Å². The number of nitrogens with zero attached hydrogens (tertiary/aromatic N) is 1. The Morgan fingerprint density at radius 2 is 1.48 bits per heavy atom. The third-order valence-electron chi connectivity index (χ3n) is 9.34. The van der Waals surface area contributed by atoms with E-state index in [9.17, 15) is 13.2 Å². The molecule has 1 heterocycles. The maximum absolute atomic E-state index is 15.0. The van der Waals surface area contributed by atoms with Gasteiger partial charge < -0.3 is 4.90 Å². The number of thioether (sulfide) groups is 1. The summed E-state index contributed by atoms with van der Waals surface area (Å²) in [6.45, 7) is 14.8. The second kappa shape index (κ2) is 12.7. The minimum Gasteiger partial charge on any atom is -0.347 e. The first-order valence-electron chi connectivity index (χ1n) is 15.3. The number of anilines is 1. The van der Waals surface area contributed by atoms with Gasteiger partial charge in [-0.25, -0.2) is 22.0 Å². The monoisotopic (exact) mass is 647 g/mol. The molecule has 0 amide bonds. The Balaban J connectivity index is 1.61. The van der Waals surface area contributed by atoms with E-state index in [0.717, 1.165) is 45.7 Å². The van der Waals surface area contributed by atoms with Gasteiger partial charge in [-0.3, -0.25) is 0 Å². The van der Waals surface area contributed by atoms with Gasteiger partial charge in [0.2, 0.25) is 5.82 Å². The lowest BCUT2D eigenvalue weighted by atomic mass is 9.76. The smallest absolute Gasteiger partial charge is 0.200 e. The minimum absolute atomic E-state index is 0.308. The Morgan fingerprint density at radius 1 is 0.870 bits per heavy atom. The molecule has 0 spiro atoms. The molecule has 5 rings (SSSR count). The Kier molecular flexibility index (Phi) is 9.29. The number of aryl methyl sites for hydroxylation is 1. The molecule has 240 valence electrons. The van der Waals surface area contributed by atoms with Crippen molar-refractivity contribution in [2.45, 2.75) is 69.6 Å². The Morgan fingerprint density at radius 3 is 2.13 bits per heavy atom. The van der Waals surface area contributed by atoms with Gasteiger partial charge in [0, 0.05) is 34.2 Å². The zero-order valence-electron chi connectivity index (χ0n) is 27.0. The van der Waals surface area contributed by atoms with Crippen LogP contribution in [-0.2, 0) is 10.8 Å². The molecule has 0 bridgehead atoms. The third-order valence-corrected chi connectivity index (χ3v) is 10.6. The van der Waals surface area contributed by atoms with E-state index in [1.165, 1.54) is 5.56 Å². The molecule has 1 aliphatic carbocycles. The van der Waals surface area contributed by atoms with Crippen molar-refractivity contribution in [3.05, 3.63) is 153 Å². The lowest BCUT2D eigenvalue weighted by molar-refractivity contribution is 0.361. The van der Waals surface area contributed by atoms with Crippen LogP contribution in [0, 0.1) is 36.0 Å². The van der Waals surface area contributed by atoms with Crippen LogP contribution in [0.25, 0.3) is 0 Å². The van der Waals surface area contributed by atoms with E-state index in [4.69, 9.17) is 0 Å². The van der Waals surface area contributed by atoms with E-state index in [1.54, 1.807) is 0 Å². The van der Waals surface area contributed by atoms with E-state index < -0.39 is 39.4 Å². The molecule has 0 saturated heterocycles. The highest BCUT2D eigenvalue weighted by molar-refractivity contribution is 8.03. The summed E-state index contributed by atoms with van der Waals surface area (Å²) in [6.07, 6.45) is 9.59. The maximum atomic E-state index is 15.0. The molecule has 46 heavy (non-hydrogen) atoms. The molecule has 0 radical (unpaired) electrons. The van der Waals surface area contributed by atoms with Gasteiger partial charge in [-0.05, 0) is 71.7 Å². The van der Waals surface area contributed by atoms with Crippen LogP contribution >= 0.6 is 11.8 Å². The van der Waals surface area contributed by atoms with Crippen LogP contribution in [0.3, 0.4) is 0 Å². The lowest BCUT2D eigenvalue weighted by Gasteiger charge is -2.28. The van der Waals surface area contributed by atoms with E-state index in [2.05, 4.69) is 57.4 Å². The first kappa shape index (κ1) is 33.5. The predicted octanol–water partition coefficient (Wildman–Crippen LogP) is 11.5. The highest BCUT2D eigenvalue weighted by atomic mass is 32.2. The molecule has 1 nitrogen and oxygen atoms in total. The van der Waals surface area contributed by atoms with Crippen LogP contribution in [-0.4, -0.2) is 7.05 Å². The van der Waals surface area contributed by atoms with Gasteiger partial charge in [0.05, 0.1) is 4.90 Å². The number of benzene rings is 3. The number of hydrogen-bond acceptors (Lipinski definition) is 2. The summed E-state index contributed by atoms with van der Waals surface area (Å²) in [5.74, 6) is -9.75. The lowest BCUT2D eigenvalue weighted by Crippen LogP contribution is -2.22. The van der Waals surface area contributed by atoms with Crippen LogP contribution in [0.4, 0.5) is 27.6 Å². The van der Waals surface area contributed by atoms with Crippen LogP contribution in [0.2, 0.25) is 0 Å². The molecule has 3 aromatic carbocycles. The van der Waals surface area contributed by atoms with Crippen molar-refractivity contribution in [1.82, 2.24) is 0 Å². The van der Waals surface area contributed by atoms with E-state index in [-0.39, 0.29) is 5.41 Å². The molecule has 0 unspecified atom stereocenters. The molecule has 0 aromatic heterocycles. The summed E-state index contributed by atoms with van der Waals surface area (Å²) in [5.41, 5.74) is 7.14. The molecule has 2 aliphatic rings. The Bertz CT molecular complexity index is 1810. The van der Waals surface area contributed by atoms with Crippen molar-refractivity contribution >= 4 is 17.4 Å². The molecular weight excluding hydrogens is 609 g/mol.